The summed E-state index contributed by atoms with van der Waals surface area (Å²) in [5.74, 6) is -0.235. The van der Waals surface area contributed by atoms with Crippen molar-refractivity contribution in [2.45, 2.75) is 31.5 Å². The maximum atomic E-state index is 12.8. The average molecular weight is 290 g/mol. The van der Waals surface area contributed by atoms with Crippen LogP contribution in [0.5, 0.6) is 5.75 Å². The molecule has 0 aliphatic carbocycles. The smallest absolute Gasteiger partial charge is 0.228 e. The fourth-order valence-electron chi connectivity index (χ4n) is 1.41. The highest BCUT2D eigenvalue weighted by Gasteiger charge is 2.27. The summed E-state index contributed by atoms with van der Waals surface area (Å²) in [7, 11) is 0. The van der Waals surface area contributed by atoms with Crippen LogP contribution in [-0.2, 0) is 4.74 Å². The first kappa shape index (κ1) is 16.8. The van der Waals surface area contributed by atoms with Crippen LogP contribution in [0.25, 0.3) is 0 Å². The second kappa shape index (κ2) is 8.13. The van der Waals surface area contributed by atoms with Gasteiger partial charge in [-0.1, -0.05) is 0 Å². The van der Waals surface area contributed by atoms with Crippen LogP contribution in [0.1, 0.15) is 6.92 Å². The normalized spacial score (nSPS) is 17.3. The molecule has 4 N–H and O–H groups in total. The number of aliphatic hydroxyl groups excluding tert-OH is 4. The van der Waals surface area contributed by atoms with Crippen molar-refractivity contribution in [1.29, 1.82) is 0 Å². The Bertz CT molecular complexity index is 383. The molecule has 2 unspecified atom stereocenters. The lowest BCUT2D eigenvalue weighted by Crippen LogP contribution is -2.43. The van der Waals surface area contributed by atoms with E-state index >= 15 is 0 Å². The van der Waals surface area contributed by atoms with Crippen LogP contribution in [0, 0.1) is 5.82 Å². The molecule has 20 heavy (non-hydrogen) atoms. The van der Waals surface area contributed by atoms with Gasteiger partial charge in [0.05, 0.1) is 19.3 Å². The SMILES string of the molecule is C[C@H](O)C(CO)OC(Oc1ccc(F)cc1)[C@@H](O)CO. The number of benzene rings is 1. The Morgan fingerprint density at radius 3 is 2.15 bits per heavy atom. The van der Waals surface area contributed by atoms with Gasteiger partial charge in [0, 0.05) is 0 Å². The summed E-state index contributed by atoms with van der Waals surface area (Å²) in [4.78, 5) is 0. The average Bonchev–Trinajstić information content (AvgIpc) is 2.44. The van der Waals surface area contributed by atoms with Crippen molar-refractivity contribution in [3.8, 4) is 5.75 Å². The predicted molar refractivity (Wildman–Crippen MR) is 67.5 cm³/mol. The van der Waals surface area contributed by atoms with Gasteiger partial charge in [-0.15, -0.1) is 0 Å². The molecule has 0 amide bonds. The molecular formula is C13H19FO6. The standard InChI is InChI=1S/C13H19FO6/c1-8(17)12(7-16)20-13(11(18)6-15)19-10-4-2-9(14)3-5-10/h2-5,8,11-13,15-18H,6-7H2,1H3/t8-,11-,12?,13?/m0/s1. The van der Waals surface area contributed by atoms with Gasteiger partial charge in [-0.05, 0) is 31.2 Å². The van der Waals surface area contributed by atoms with E-state index in [1.807, 2.05) is 0 Å². The van der Waals surface area contributed by atoms with Gasteiger partial charge < -0.3 is 29.9 Å². The van der Waals surface area contributed by atoms with E-state index < -0.39 is 43.6 Å². The lowest BCUT2D eigenvalue weighted by atomic mass is 10.2. The Morgan fingerprint density at radius 1 is 1.10 bits per heavy atom. The largest absolute Gasteiger partial charge is 0.462 e. The second-order valence-corrected chi connectivity index (χ2v) is 4.29. The van der Waals surface area contributed by atoms with Gasteiger partial charge in [0.1, 0.15) is 23.8 Å². The molecule has 0 heterocycles. The van der Waals surface area contributed by atoms with Gasteiger partial charge in [0.15, 0.2) is 0 Å². The van der Waals surface area contributed by atoms with E-state index in [4.69, 9.17) is 19.7 Å². The highest BCUT2D eigenvalue weighted by atomic mass is 19.1. The molecule has 0 fully saturated rings. The Kier molecular flexibility index (Phi) is 6.83. The first-order chi connectivity index (χ1) is 9.47. The molecule has 6 nitrogen and oxygen atoms in total. The number of ether oxygens (including phenoxy) is 2. The highest BCUT2D eigenvalue weighted by Crippen LogP contribution is 2.17. The van der Waals surface area contributed by atoms with Gasteiger partial charge in [0.25, 0.3) is 0 Å². The summed E-state index contributed by atoms with van der Waals surface area (Å²) in [5, 5.41) is 37.0. The van der Waals surface area contributed by atoms with E-state index in [2.05, 4.69) is 0 Å². The molecule has 0 spiro atoms. The molecule has 0 aliphatic rings. The summed E-state index contributed by atoms with van der Waals surface area (Å²) in [6, 6.07) is 4.98. The summed E-state index contributed by atoms with van der Waals surface area (Å²) in [6.07, 6.45) is -4.67. The van der Waals surface area contributed by atoms with Crippen LogP contribution in [0.4, 0.5) is 4.39 Å². The zero-order valence-corrected chi connectivity index (χ0v) is 11.0. The van der Waals surface area contributed by atoms with Gasteiger partial charge >= 0.3 is 0 Å². The first-order valence-corrected chi connectivity index (χ1v) is 6.13. The summed E-state index contributed by atoms with van der Waals surface area (Å²) in [6.45, 7) is 0.282. The van der Waals surface area contributed by atoms with E-state index in [9.17, 15) is 14.6 Å². The topological polar surface area (TPSA) is 99.4 Å². The van der Waals surface area contributed by atoms with Crippen molar-refractivity contribution >= 4 is 0 Å². The Labute approximate surface area is 116 Å². The van der Waals surface area contributed by atoms with Crippen molar-refractivity contribution in [1.82, 2.24) is 0 Å². The van der Waals surface area contributed by atoms with Crippen molar-refractivity contribution in [2.75, 3.05) is 13.2 Å². The molecule has 0 saturated heterocycles. The van der Waals surface area contributed by atoms with Crippen molar-refractivity contribution in [3.63, 3.8) is 0 Å². The highest BCUT2D eigenvalue weighted by molar-refractivity contribution is 5.22. The van der Waals surface area contributed by atoms with Crippen molar-refractivity contribution < 1.29 is 34.3 Å². The molecule has 0 saturated carbocycles. The van der Waals surface area contributed by atoms with Crippen LogP contribution in [-0.4, -0.2) is 58.2 Å². The minimum atomic E-state index is -1.38. The van der Waals surface area contributed by atoms with Crippen LogP contribution in [0.3, 0.4) is 0 Å². The Morgan fingerprint density at radius 2 is 1.70 bits per heavy atom. The summed E-state index contributed by atoms with van der Waals surface area (Å²) < 4.78 is 23.3. The number of hydrogen-bond acceptors (Lipinski definition) is 6. The predicted octanol–water partition coefficient (Wildman–Crippen LogP) is -0.358. The van der Waals surface area contributed by atoms with Crippen LogP contribution in [0.15, 0.2) is 24.3 Å². The van der Waals surface area contributed by atoms with Crippen LogP contribution < -0.4 is 4.74 Å². The zero-order valence-electron chi connectivity index (χ0n) is 11.0. The molecule has 114 valence electrons. The van der Waals surface area contributed by atoms with Crippen LogP contribution >= 0.6 is 0 Å². The van der Waals surface area contributed by atoms with E-state index in [1.165, 1.54) is 19.1 Å². The fraction of sp³-hybridized carbons (Fsp3) is 0.538. The molecule has 1 aromatic rings. The number of aliphatic hydroxyl groups is 4. The molecule has 0 aromatic heterocycles. The third kappa shape index (κ3) is 5.03. The second-order valence-electron chi connectivity index (χ2n) is 4.29. The Hall–Kier alpha value is -1.25. The minimum Gasteiger partial charge on any atom is -0.462 e. The van der Waals surface area contributed by atoms with E-state index in [0.29, 0.717) is 0 Å². The molecular weight excluding hydrogens is 271 g/mol. The van der Waals surface area contributed by atoms with E-state index in [1.54, 1.807) is 0 Å². The molecule has 0 bridgehead atoms. The van der Waals surface area contributed by atoms with Crippen molar-refractivity contribution in [3.05, 3.63) is 30.1 Å². The molecule has 0 radical (unpaired) electrons. The third-order valence-corrected chi connectivity index (χ3v) is 2.59. The quantitative estimate of drug-likeness (QED) is 0.488. The maximum Gasteiger partial charge on any atom is 0.228 e. The van der Waals surface area contributed by atoms with E-state index in [0.717, 1.165) is 12.1 Å². The van der Waals surface area contributed by atoms with E-state index in [-0.39, 0.29) is 5.75 Å². The van der Waals surface area contributed by atoms with Gasteiger partial charge in [-0.3, -0.25) is 0 Å². The maximum absolute atomic E-state index is 12.8. The van der Waals surface area contributed by atoms with Crippen molar-refractivity contribution in [2.24, 2.45) is 0 Å². The molecule has 1 aromatic carbocycles. The zero-order chi connectivity index (χ0) is 15.1. The summed E-state index contributed by atoms with van der Waals surface area (Å²) >= 11 is 0. The number of rotatable bonds is 8. The minimum absolute atomic E-state index is 0.214. The molecule has 1 rings (SSSR count). The number of halogens is 1. The Balaban J connectivity index is 2.76. The van der Waals surface area contributed by atoms with Gasteiger partial charge in [0.2, 0.25) is 6.29 Å². The molecule has 4 atom stereocenters. The summed E-state index contributed by atoms with van der Waals surface area (Å²) in [5.41, 5.74) is 0. The monoisotopic (exact) mass is 290 g/mol. The molecule has 0 aliphatic heterocycles. The fourth-order valence-corrected chi connectivity index (χ4v) is 1.41. The van der Waals surface area contributed by atoms with Gasteiger partial charge in [-0.2, -0.15) is 0 Å². The lowest BCUT2D eigenvalue weighted by molar-refractivity contribution is -0.205. The lowest BCUT2D eigenvalue weighted by Gasteiger charge is -2.28. The molecule has 7 heteroatoms. The van der Waals surface area contributed by atoms with Crippen LogP contribution in [0.2, 0.25) is 0 Å². The first-order valence-electron chi connectivity index (χ1n) is 6.13. The number of hydrogen-bond donors (Lipinski definition) is 4. The van der Waals surface area contributed by atoms with Gasteiger partial charge in [-0.25, -0.2) is 4.39 Å². The third-order valence-electron chi connectivity index (χ3n) is 2.59.